The van der Waals surface area contributed by atoms with E-state index in [1.807, 2.05) is 27.7 Å². The standard InChI is InChI=1S/C12H22O3/c1-5-9(3)11(13)7-15-8-12(14)10(4)6-2/h7-10,13-14H,5-6H2,1-4H3. The summed E-state index contributed by atoms with van der Waals surface area (Å²) in [6.07, 6.45) is 4.25. The second kappa shape index (κ2) is 7.21. The van der Waals surface area contributed by atoms with Gasteiger partial charge in [-0.25, -0.2) is 0 Å². The zero-order chi connectivity index (χ0) is 11.8. The number of rotatable bonds is 6. The van der Waals surface area contributed by atoms with Crippen LogP contribution in [0.5, 0.6) is 0 Å². The van der Waals surface area contributed by atoms with Gasteiger partial charge in [0.05, 0.1) is 0 Å². The van der Waals surface area contributed by atoms with Gasteiger partial charge in [-0.2, -0.15) is 0 Å². The van der Waals surface area contributed by atoms with Crippen LogP contribution in [0.3, 0.4) is 0 Å². The molecular weight excluding hydrogens is 192 g/mol. The van der Waals surface area contributed by atoms with Crippen molar-refractivity contribution in [2.24, 2.45) is 11.8 Å². The van der Waals surface area contributed by atoms with Gasteiger partial charge in [0.15, 0.2) is 0 Å². The highest BCUT2D eigenvalue weighted by molar-refractivity contribution is 4.94. The summed E-state index contributed by atoms with van der Waals surface area (Å²) < 4.78 is 4.98. The van der Waals surface area contributed by atoms with Crippen LogP contribution >= 0.6 is 0 Å². The van der Waals surface area contributed by atoms with E-state index in [-0.39, 0.29) is 23.4 Å². The molecule has 15 heavy (non-hydrogen) atoms. The lowest BCUT2D eigenvalue weighted by atomic mass is 10.1. The Balaban J connectivity index is 4.16. The van der Waals surface area contributed by atoms with Crippen LogP contribution in [0.25, 0.3) is 0 Å². The van der Waals surface area contributed by atoms with E-state index >= 15 is 0 Å². The van der Waals surface area contributed by atoms with Gasteiger partial charge in [0.1, 0.15) is 24.0 Å². The Kier molecular flexibility index (Phi) is 6.67. The number of hydrogen-bond donors (Lipinski definition) is 2. The highest BCUT2D eigenvalue weighted by Gasteiger charge is 2.05. The summed E-state index contributed by atoms with van der Waals surface area (Å²) in [5, 5.41) is 18.9. The number of aliphatic hydroxyl groups is 2. The van der Waals surface area contributed by atoms with Crippen LogP contribution in [0.15, 0.2) is 24.0 Å². The molecule has 3 nitrogen and oxygen atoms in total. The van der Waals surface area contributed by atoms with Gasteiger partial charge >= 0.3 is 0 Å². The summed E-state index contributed by atoms with van der Waals surface area (Å²) in [7, 11) is 0. The fourth-order valence-electron chi connectivity index (χ4n) is 0.824. The first kappa shape index (κ1) is 13.9. The Labute approximate surface area is 92.1 Å². The summed E-state index contributed by atoms with van der Waals surface area (Å²) in [6, 6.07) is 0. The molecule has 88 valence electrons. The maximum Gasteiger partial charge on any atom is 0.130 e. The minimum Gasteiger partial charge on any atom is -0.509 e. The molecule has 0 aliphatic carbocycles. The zero-order valence-corrected chi connectivity index (χ0v) is 10.0. The van der Waals surface area contributed by atoms with Crippen molar-refractivity contribution in [3.8, 4) is 0 Å². The molecule has 0 rings (SSSR count). The monoisotopic (exact) mass is 214 g/mol. The van der Waals surface area contributed by atoms with E-state index in [9.17, 15) is 10.2 Å². The van der Waals surface area contributed by atoms with Crippen LogP contribution < -0.4 is 0 Å². The lowest BCUT2D eigenvalue weighted by Gasteiger charge is -2.08. The van der Waals surface area contributed by atoms with Gasteiger partial charge in [0.25, 0.3) is 0 Å². The lowest BCUT2D eigenvalue weighted by Crippen LogP contribution is -1.98. The van der Waals surface area contributed by atoms with Crippen molar-refractivity contribution in [1.82, 2.24) is 0 Å². The molecule has 0 bridgehead atoms. The number of allylic oxidation sites excluding steroid dienone is 2. The molecule has 2 unspecified atom stereocenters. The van der Waals surface area contributed by atoms with Crippen LogP contribution in [-0.4, -0.2) is 10.2 Å². The number of aliphatic hydroxyl groups excluding tert-OH is 2. The molecule has 2 atom stereocenters. The van der Waals surface area contributed by atoms with Gasteiger partial charge in [-0.3, -0.25) is 0 Å². The molecule has 0 heterocycles. The molecule has 0 saturated carbocycles. The summed E-state index contributed by atoms with van der Waals surface area (Å²) in [6.45, 7) is 7.79. The molecule has 0 aliphatic rings. The Morgan fingerprint density at radius 1 is 1.00 bits per heavy atom. The van der Waals surface area contributed by atoms with Crippen molar-refractivity contribution in [3.05, 3.63) is 24.0 Å². The molecule has 0 aromatic carbocycles. The molecule has 0 aliphatic heterocycles. The Bertz CT molecular complexity index is 207. The van der Waals surface area contributed by atoms with Crippen LogP contribution in [-0.2, 0) is 4.74 Å². The van der Waals surface area contributed by atoms with Crippen molar-refractivity contribution >= 4 is 0 Å². The van der Waals surface area contributed by atoms with Crippen LogP contribution in [0, 0.1) is 11.8 Å². The number of hydrogen-bond acceptors (Lipinski definition) is 3. The Morgan fingerprint density at radius 3 is 1.60 bits per heavy atom. The van der Waals surface area contributed by atoms with Gasteiger partial charge in [-0.1, -0.05) is 27.7 Å². The quantitative estimate of drug-likeness (QED) is 0.659. The predicted octanol–water partition coefficient (Wildman–Crippen LogP) is 3.89. The summed E-state index contributed by atoms with van der Waals surface area (Å²) in [5.41, 5.74) is 0. The average Bonchev–Trinajstić information content (AvgIpc) is 2.26. The SMILES string of the molecule is CCC(C)C(O)=COC=C(O)C(C)CC. The highest BCUT2D eigenvalue weighted by atomic mass is 16.5. The van der Waals surface area contributed by atoms with Gasteiger partial charge in [0, 0.05) is 11.8 Å². The van der Waals surface area contributed by atoms with Gasteiger partial charge < -0.3 is 14.9 Å². The predicted molar refractivity (Wildman–Crippen MR) is 61.4 cm³/mol. The summed E-state index contributed by atoms with van der Waals surface area (Å²) in [5.74, 6) is 0.574. The molecule has 3 heteroatoms. The van der Waals surface area contributed by atoms with Crippen molar-refractivity contribution in [2.75, 3.05) is 0 Å². The Hall–Kier alpha value is -1.12. The van der Waals surface area contributed by atoms with E-state index in [4.69, 9.17) is 4.74 Å². The van der Waals surface area contributed by atoms with Gasteiger partial charge in [-0.15, -0.1) is 0 Å². The third kappa shape index (κ3) is 5.35. The fourth-order valence-corrected chi connectivity index (χ4v) is 0.824. The van der Waals surface area contributed by atoms with Crippen LogP contribution in [0.1, 0.15) is 40.5 Å². The summed E-state index contributed by atoms with van der Waals surface area (Å²) >= 11 is 0. The van der Waals surface area contributed by atoms with E-state index in [0.29, 0.717) is 0 Å². The smallest absolute Gasteiger partial charge is 0.130 e. The largest absolute Gasteiger partial charge is 0.509 e. The van der Waals surface area contributed by atoms with Crippen LogP contribution in [0.2, 0.25) is 0 Å². The topological polar surface area (TPSA) is 49.7 Å². The van der Waals surface area contributed by atoms with Crippen molar-refractivity contribution in [3.63, 3.8) is 0 Å². The van der Waals surface area contributed by atoms with E-state index in [1.165, 1.54) is 12.5 Å². The minimum absolute atomic E-state index is 0.0872. The second-order valence-electron chi connectivity index (χ2n) is 3.84. The molecule has 0 amide bonds. The first-order valence-corrected chi connectivity index (χ1v) is 5.46. The van der Waals surface area contributed by atoms with Crippen molar-refractivity contribution in [1.29, 1.82) is 0 Å². The van der Waals surface area contributed by atoms with E-state index in [1.54, 1.807) is 0 Å². The van der Waals surface area contributed by atoms with E-state index < -0.39 is 0 Å². The third-order valence-electron chi connectivity index (χ3n) is 2.61. The molecule has 0 fully saturated rings. The van der Waals surface area contributed by atoms with Crippen molar-refractivity contribution < 1.29 is 14.9 Å². The first-order valence-electron chi connectivity index (χ1n) is 5.46. The first-order chi connectivity index (χ1) is 7.02. The Morgan fingerprint density at radius 2 is 1.33 bits per heavy atom. The third-order valence-corrected chi connectivity index (χ3v) is 2.61. The minimum atomic E-state index is 0.0872. The maximum absolute atomic E-state index is 9.45. The fraction of sp³-hybridized carbons (Fsp3) is 0.667. The van der Waals surface area contributed by atoms with Crippen LogP contribution in [0.4, 0.5) is 0 Å². The average molecular weight is 214 g/mol. The molecule has 0 radical (unpaired) electrons. The normalized spacial score (nSPS) is 17.3. The second-order valence-corrected chi connectivity index (χ2v) is 3.84. The van der Waals surface area contributed by atoms with E-state index in [2.05, 4.69) is 0 Å². The molecule has 0 aromatic heterocycles. The van der Waals surface area contributed by atoms with E-state index in [0.717, 1.165) is 12.8 Å². The molecular formula is C12H22O3. The number of ether oxygens (including phenoxy) is 1. The zero-order valence-electron chi connectivity index (χ0n) is 10.0. The van der Waals surface area contributed by atoms with Gasteiger partial charge in [0.2, 0.25) is 0 Å². The summed E-state index contributed by atoms with van der Waals surface area (Å²) in [4.78, 5) is 0. The molecule has 0 spiro atoms. The molecule has 0 aromatic rings. The molecule has 2 N–H and O–H groups in total. The maximum atomic E-state index is 9.45. The molecule has 0 saturated heterocycles. The lowest BCUT2D eigenvalue weighted by molar-refractivity contribution is 0.263. The van der Waals surface area contributed by atoms with Crippen molar-refractivity contribution in [2.45, 2.75) is 40.5 Å². The highest BCUT2D eigenvalue weighted by Crippen LogP contribution is 2.13. The van der Waals surface area contributed by atoms with Gasteiger partial charge in [-0.05, 0) is 12.8 Å².